The van der Waals surface area contributed by atoms with E-state index < -0.39 is 17.8 Å². The third-order valence-electron chi connectivity index (χ3n) is 5.21. The van der Waals surface area contributed by atoms with Crippen LogP contribution in [-0.2, 0) is 29.1 Å². The van der Waals surface area contributed by atoms with Crippen molar-refractivity contribution >= 4 is 45.0 Å². The predicted octanol–water partition coefficient (Wildman–Crippen LogP) is 1.85. The lowest BCUT2D eigenvalue weighted by Gasteiger charge is -2.25. The minimum absolute atomic E-state index is 0.00614. The van der Waals surface area contributed by atoms with Crippen molar-refractivity contribution in [1.82, 2.24) is 9.88 Å². The van der Waals surface area contributed by atoms with E-state index >= 15 is 0 Å². The molecule has 1 aliphatic heterocycles. The number of carbonyl (C=O) groups excluding carboxylic acids is 1. The van der Waals surface area contributed by atoms with Gasteiger partial charge in [0.1, 0.15) is 10.8 Å². The van der Waals surface area contributed by atoms with Crippen molar-refractivity contribution in [3.8, 4) is 11.6 Å². The van der Waals surface area contributed by atoms with Crippen LogP contribution >= 0.6 is 11.3 Å². The number of amides is 1. The molecule has 0 bridgehead atoms. The highest BCUT2D eigenvalue weighted by Crippen LogP contribution is 2.38. The SMILES string of the molecule is COc1cccc2cn(CC3Cc4c(sc(NC(=O)C(=O)O)c4C(=O)O)CN3)c(O)c12. The topological polar surface area (TPSA) is 150 Å². The molecule has 1 amide bonds. The Balaban J connectivity index is 1.62. The van der Waals surface area contributed by atoms with E-state index in [1.165, 1.54) is 7.11 Å². The number of aromatic carboxylic acids is 1. The Morgan fingerprint density at radius 3 is 2.77 bits per heavy atom. The molecule has 11 heteroatoms. The zero-order chi connectivity index (χ0) is 22.3. The molecule has 10 nitrogen and oxygen atoms in total. The van der Waals surface area contributed by atoms with Crippen LogP contribution in [0.4, 0.5) is 5.00 Å². The lowest BCUT2D eigenvalue weighted by atomic mass is 9.98. The molecule has 0 saturated carbocycles. The van der Waals surface area contributed by atoms with Gasteiger partial charge >= 0.3 is 17.8 Å². The normalized spacial score (nSPS) is 15.5. The molecule has 1 unspecified atom stereocenters. The fourth-order valence-corrected chi connectivity index (χ4v) is 5.01. The Morgan fingerprint density at radius 1 is 1.32 bits per heavy atom. The van der Waals surface area contributed by atoms with E-state index in [-0.39, 0.29) is 22.5 Å². The van der Waals surface area contributed by atoms with Crippen LogP contribution in [0.1, 0.15) is 20.8 Å². The first kappa shape index (κ1) is 20.7. The van der Waals surface area contributed by atoms with Gasteiger partial charge < -0.3 is 35.3 Å². The third-order valence-corrected chi connectivity index (χ3v) is 6.36. The Kier molecular flexibility index (Phi) is 5.29. The van der Waals surface area contributed by atoms with E-state index in [0.29, 0.717) is 36.2 Å². The monoisotopic (exact) mass is 445 g/mol. The van der Waals surface area contributed by atoms with Crippen molar-refractivity contribution < 1.29 is 34.4 Å². The number of fused-ring (bicyclic) bond motifs is 2. The maximum Gasteiger partial charge on any atom is 0.394 e. The maximum absolute atomic E-state index is 11.8. The zero-order valence-electron chi connectivity index (χ0n) is 16.3. The first-order valence-electron chi connectivity index (χ1n) is 9.30. The number of benzene rings is 1. The molecule has 2 aromatic heterocycles. The molecule has 5 N–H and O–H groups in total. The van der Waals surface area contributed by atoms with Crippen LogP contribution in [0.2, 0.25) is 0 Å². The standard InChI is InChI=1S/C20H19N3O7S/c1-30-12-4-2-3-9-7-23(18(25)14(9)12)8-10-5-11-13(6-21-10)31-17(15(11)19(26)27)22-16(24)20(28)29/h2-4,7,10,21,25H,5-6,8H2,1H3,(H,22,24)(H,26,27)(H,28,29). The summed E-state index contributed by atoms with van der Waals surface area (Å²) in [5, 5.41) is 36.0. The summed E-state index contributed by atoms with van der Waals surface area (Å²) in [6.07, 6.45) is 2.14. The number of hydrogen-bond donors (Lipinski definition) is 5. The number of thiophene rings is 1. The molecule has 162 valence electrons. The number of aromatic hydroxyl groups is 1. The number of methoxy groups -OCH3 is 1. The lowest BCUT2D eigenvalue weighted by Crippen LogP contribution is -2.38. The number of hydrogen-bond acceptors (Lipinski definition) is 7. The summed E-state index contributed by atoms with van der Waals surface area (Å²) in [4.78, 5) is 34.9. The number of anilines is 1. The van der Waals surface area contributed by atoms with E-state index in [0.717, 1.165) is 21.6 Å². The molecule has 4 rings (SSSR count). The second-order valence-corrected chi connectivity index (χ2v) is 8.19. The molecular formula is C20H19N3O7S. The van der Waals surface area contributed by atoms with E-state index in [9.17, 15) is 24.6 Å². The number of rotatable bonds is 5. The number of aliphatic carboxylic acids is 1. The summed E-state index contributed by atoms with van der Waals surface area (Å²) >= 11 is 1.04. The summed E-state index contributed by atoms with van der Waals surface area (Å²) in [5.41, 5.74) is 0.459. The third kappa shape index (κ3) is 3.68. The van der Waals surface area contributed by atoms with Gasteiger partial charge in [-0.3, -0.25) is 4.79 Å². The van der Waals surface area contributed by atoms with Crippen LogP contribution in [0.15, 0.2) is 24.4 Å². The van der Waals surface area contributed by atoms with Crippen LogP contribution < -0.4 is 15.4 Å². The summed E-state index contributed by atoms with van der Waals surface area (Å²) in [6, 6.07) is 5.25. The smallest absolute Gasteiger partial charge is 0.394 e. The van der Waals surface area contributed by atoms with Crippen molar-refractivity contribution in [2.45, 2.75) is 25.6 Å². The fourth-order valence-electron chi connectivity index (χ4n) is 3.84. The number of nitrogens with zero attached hydrogens (tertiary/aromatic N) is 1. The first-order valence-corrected chi connectivity index (χ1v) is 10.1. The summed E-state index contributed by atoms with van der Waals surface area (Å²) in [5.74, 6) is -3.61. The van der Waals surface area contributed by atoms with E-state index in [4.69, 9.17) is 9.84 Å². The van der Waals surface area contributed by atoms with Gasteiger partial charge in [-0.25, -0.2) is 9.59 Å². The molecular weight excluding hydrogens is 426 g/mol. The van der Waals surface area contributed by atoms with Gasteiger partial charge in [0, 0.05) is 35.6 Å². The van der Waals surface area contributed by atoms with Gasteiger partial charge in [-0.15, -0.1) is 11.3 Å². The molecule has 0 radical (unpaired) electrons. The van der Waals surface area contributed by atoms with Crippen molar-refractivity contribution in [3.63, 3.8) is 0 Å². The molecule has 0 aliphatic carbocycles. The van der Waals surface area contributed by atoms with Gasteiger partial charge in [0.25, 0.3) is 0 Å². The van der Waals surface area contributed by atoms with Gasteiger partial charge in [-0.1, -0.05) is 12.1 Å². The Morgan fingerprint density at radius 2 is 2.10 bits per heavy atom. The molecule has 3 heterocycles. The highest BCUT2D eigenvalue weighted by atomic mass is 32.1. The van der Waals surface area contributed by atoms with Crippen molar-refractivity contribution in [3.05, 3.63) is 40.4 Å². The molecule has 3 aromatic rings. The highest BCUT2D eigenvalue weighted by Gasteiger charge is 2.31. The molecule has 0 spiro atoms. The van der Waals surface area contributed by atoms with Gasteiger partial charge in [-0.2, -0.15) is 0 Å². The quantitative estimate of drug-likeness (QED) is 0.374. The average molecular weight is 445 g/mol. The number of carboxylic acids is 2. The van der Waals surface area contributed by atoms with E-state index in [1.54, 1.807) is 16.8 Å². The number of ether oxygens (including phenoxy) is 1. The van der Waals surface area contributed by atoms with Gasteiger partial charge in [-0.05, 0) is 18.1 Å². The number of nitrogens with one attached hydrogen (secondary N) is 2. The second-order valence-electron chi connectivity index (χ2n) is 7.08. The summed E-state index contributed by atoms with van der Waals surface area (Å²) < 4.78 is 7.00. The molecule has 1 aromatic carbocycles. The fraction of sp³-hybridized carbons (Fsp3) is 0.250. The van der Waals surface area contributed by atoms with E-state index in [1.807, 2.05) is 12.1 Å². The van der Waals surface area contributed by atoms with Gasteiger partial charge in [0.2, 0.25) is 5.88 Å². The molecule has 0 saturated heterocycles. The van der Waals surface area contributed by atoms with Gasteiger partial charge in [0.15, 0.2) is 0 Å². The van der Waals surface area contributed by atoms with Crippen molar-refractivity contribution in [2.75, 3.05) is 12.4 Å². The molecule has 1 atom stereocenters. The van der Waals surface area contributed by atoms with Crippen LogP contribution in [0.3, 0.4) is 0 Å². The highest BCUT2D eigenvalue weighted by molar-refractivity contribution is 7.17. The molecule has 31 heavy (non-hydrogen) atoms. The first-order chi connectivity index (χ1) is 14.8. The molecule has 1 aliphatic rings. The van der Waals surface area contributed by atoms with Crippen LogP contribution in [-0.4, -0.2) is 50.9 Å². The maximum atomic E-state index is 11.8. The van der Waals surface area contributed by atoms with Crippen LogP contribution in [0, 0.1) is 0 Å². The largest absolute Gasteiger partial charge is 0.496 e. The Labute approximate surface area is 179 Å². The second kappa shape index (κ2) is 7.93. The lowest BCUT2D eigenvalue weighted by molar-refractivity contribution is -0.147. The van der Waals surface area contributed by atoms with Crippen LogP contribution in [0.25, 0.3) is 10.8 Å². The minimum atomic E-state index is -1.69. The van der Waals surface area contributed by atoms with Crippen LogP contribution in [0.5, 0.6) is 11.6 Å². The minimum Gasteiger partial charge on any atom is -0.496 e. The van der Waals surface area contributed by atoms with E-state index in [2.05, 4.69) is 10.6 Å². The van der Waals surface area contributed by atoms with Gasteiger partial charge in [0.05, 0.1) is 18.1 Å². The Bertz CT molecular complexity index is 1210. The average Bonchev–Trinajstić information content (AvgIpc) is 3.24. The van der Waals surface area contributed by atoms with Crippen molar-refractivity contribution in [1.29, 1.82) is 0 Å². The zero-order valence-corrected chi connectivity index (χ0v) is 17.2. The predicted molar refractivity (Wildman–Crippen MR) is 112 cm³/mol. The number of aromatic nitrogens is 1. The number of carboxylic acid groups (broad SMARTS) is 2. The number of carbonyl (C=O) groups is 3. The summed E-state index contributed by atoms with van der Waals surface area (Å²) in [7, 11) is 1.53. The molecule has 0 fully saturated rings. The Hall–Kier alpha value is -3.57. The summed E-state index contributed by atoms with van der Waals surface area (Å²) in [6.45, 7) is 0.730. The van der Waals surface area contributed by atoms with Crippen molar-refractivity contribution in [2.24, 2.45) is 0 Å².